The molecule has 2 aromatic carbocycles. The molecule has 216 valence electrons. The Morgan fingerprint density at radius 2 is 2.00 bits per heavy atom. The van der Waals surface area contributed by atoms with Crippen molar-refractivity contribution in [2.75, 3.05) is 63.2 Å². The number of anilines is 2. The zero-order valence-electron chi connectivity index (χ0n) is 23.5. The summed E-state index contributed by atoms with van der Waals surface area (Å²) < 4.78 is 5.24. The first-order valence-corrected chi connectivity index (χ1v) is 14.6. The summed E-state index contributed by atoms with van der Waals surface area (Å²) in [5, 5.41) is 14.5. The van der Waals surface area contributed by atoms with E-state index in [-0.39, 0.29) is 12.1 Å². The summed E-state index contributed by atoms with van der Waals surface area (Å²) in [6.45, 7) is 8.50. The number of pyridine rings is 1. The van der Waals surface area contributed by atoms with Gasteiger partial charge in [0.05, 0.1) is 29.4 Å². The minimum atomic E-state index is -0.793. The lowest BCUT2D eigenvalue weighted by Crippen LogP contribution is -2.60. The summed E-state index contributed by atoms with van der Waals surface area (Å²) in [7, 11) is 1.76. The molecule has 4 N–H and O–H groups in total. The maximum Gasteiger partial charge on any atom is 0.261 e. The zero-order valence-corrected chi connectivity index (χ0v) is 24.3. The van der Waals surface area contributed by atoms with Crippen LogP contribution in [0.15, 0.2) is 53.5 Å². The van der Waals surface area contributed by atoms with Crippen molar-refractivity contribution in [3.63, 3.8) is 0 Å². The van der Waals surface area contributed by atoms with Crippen molar-refractivity contribution in [1.82, 2.24) is 19.9 Å². The van der Waals surface area contributed by atoms with Crippen molar-refractivity contribution in [2.24, 2.45) is 5.41 Å². The third-order valence-electron chi connectivity index (χ3n) is 8.60. The molecular formula is C31H37ClN6O3. The third-order valence-corrected chi connectivity index (χ3v) is 8.83. The standard InChI is InChI=1S/C31H37ClN6O3/c1-20-14-23(38-10-7-31(8-11-38)18-37(19-31)12-13-41-2)16-25-28(20)36-29(35-25)27-24(6-9-33-30(27)40)34-17-26(39)21-4-3-5-22(32)15-21/h3-6,9,14-16,26,39H,7-8,10-13,17-19H2,1-2H3,(H,35,36)(H2,33,34,40)/t26-/m0/s1. The third kappa shape index (κ3) is 5.72. The molecule has 2 aliphatic rings. The van der Waals surface area contributed by atoms with Crippen molar-refractivity contribution in [1.29, 1.82) is 0 Å². The van der Waals surface area contributed by atoms with E-state index >= 15 is 0 Å². The normalized spacial score (nSPS) is 17.6. The molecular weight excluding hydrogens is 540 g/mol. The van der Waals surface area contributed by atoms with Gasteiger partial charge in [0.1, 0.15) is 11.4 Å². The van der Waals surface area contributed by atoms with Crippen LogP contribution in [0.5, 0.6) is 0 Å². The summed E-state index contributed by atoms with van der Waals surface area (Å²) in [6.07, 6.45) is 3.18. The molecule has 1 atom stereocenters. The number of likely N-dealkylation sites (tertiary alicyclic amines) is 1. The van der Waals surface area contributed by atoms with Crippen molar-refractivity contribution < 1.29 is 9.84 Å². The molecule has 2 saturated heterocycles. The van der Waals surface area contributed by atoms with E-state index < -0.39 is 6.10 Å². The van der Waals surface area contributed by atoms with Crippen molar-refractivity contribution in [3.05, 3.63) is 75.2 Å². The Kier molecular flexibility index (Phi) is 7.78. The van der Waals surface area contributed by atoms with Gasteiger partial charge in [0, 0.05) is 63.3 Å². The van der Waals surface area contributed by atoms with Crippen LogP contribution in [0, 0.1) is 12.3 Å². The Morgan fingerprint density at radius 3 is 2.76 bits per heavy atom. The minimum Gasteiger partial charge on any atom is -0.387 e. The number of imidazole rings is 1. The fourth-order valence-corrected chi connectivity index (χ4v) is 6.51. The Hall–Kier alpha value is -3.37. The average molecular weight is 577 g/mol. The molecule has 2 aromatic heterocycles. The number of H-pyrrole nitrogens is 2. The summed E-state index contributed by atoms with van der Waals surface area (Å²) in [5.74, 6) is 0.491. The number of aromatic nitrogens is 3. The van der Waals surface area contributed by atoms with Gasteiger partial charge in [-0.05, 0) is 66.6 Å². The zero-order chi connectivity index (χ0) is 28.6. The lowest BCUT2D eigenvalue weighted by atomic mass is 9.72. The number of fused-ring (bicyclic) bond motifs is 1. The first kappa shape index (κ1) is 27.8. The summed E-state index contributed by atoms with van der Waals surface area (Å²) in [4.78, 5) is 29.0. The van der Waals surface area contributed by atoms with Gasteiger partial charge in [-0.2, -0.15) is 0 Å². The number of benzene rings is 2. The van der Waals surface area contributed by atoms with Gasteiger partial charge < -0.3 is 30.0 Å². The van der Waals surface area contributed by atoms with Crippen LogP contribution in [0.1, 0.15) is 30.1 Å². The molecule has 9 nitrogen and oxygen atoms in total. The van der Waals surface area contributed by atoms with Gasteiger partial charge in [-0.25, -0.2) is 4.98 Å². The highest BCUT2D eigenvalue weighted by molar-refractivity contribution is 6.30. The molecule has 2 fully saturated rings. The number of nitrogens with one attached hydrogen (secondary N) is 3. The number of hydrogen-bond acceptors (Lipinski definition) is 7. The predicted molar refractivity (Wildman–Crippen MR) is 164 cm³/mol. The van der Waals surface area contributed by atoms with Crippen LogP contribution in [-0.2, 0) is 4.74 Å². The van der Waals surface area contributed by atoms with Crippen LogP contribution in [-0.4, -0.2) is 77.9 Å². The summed E-state index contributed by atoms with van der Waals surface area (Å²) in [5.41, 5.74) is 5.88. The molecule has 0 saturated carbocycles. The van der Waals surface area contributed by atoms with Gasteiger partial charge in [-0.3, -0.25) is 9.69 Å². The van der Waals surface area contributed by atoms with Crippen LogP contribution < -0.4 is 15.8 Å². The predicted octanol–water partition coefficient (Wildman–Crippen LogP) is 4.57. The van der Waals surface area contributed by atoms with Gasteiger partial charge in [0.25, 0.3) is 5.56 Å². The van der Waals surface area contributed by atoms with E-state index in [1.165, 1.54) is 31.6 Å². The second-order valence-electron chi connectivity index (χ2n) is 11.5. The largest absolute Gasteiger partial charge is 0.387 e. The number of ether oxygens (including phenoxy) is 1. The number of aliphatic hydroxyl groups is 1. The van der Waals surface area contributed by atoms with Crippen molar-refractivity contribution >= 4 is 34.0 Å². The van der Waals surface area contributed by atoms with Gasteiger partial charge in [0.15, 0.2) is 0 Å². The van der Waals surface area contributed by atoms with E-state index in [0.29, 0.717) is 33.1 Å². The van der Waals surface area contributed by atoms with Crippen LogP contribution >= 0.6 is 11.6 Å². The maximum atomic E-state index is 13.0. The first-order valence-electron chi connectivity index (χ1n) is 14.2. The molecule has 41 heavy (non-hydrogen) atoms. The van der Waals surface area contributed by atoms with Gasteiger partial charge in [-0.1, -0.05) is 23.7 Å². The van der Waals surface area contributed by atoms with Crippen LogP contribution in [0.25, 0.3) is 22.4 Å². The Bertz CT molecular complexity index is 1580. The monoisotopic (exact) mass is 576 g/mol. The quantitative estimate of drug-likeness (QED) is 0.231. The SMILES string of the molecule is COCCN1CC2(CCN(c3cc(C)c4nc(-c5c(NC[C@H](O)c6cccc(Cl)c6)cc[nH]c5=O)[nH]c4c3)CC2)C1. The molecule has 0 radical (unpaired) electrons. The number of halogens is 1. The van der Waals surface area contributed by atoms with E-state index in [1.54, 1.807) is 37.6 Å². The molecule has 2 aliphatic heterocycles. The van der Waals surface area contributed by atoms with Gasteiger partial charge in [-0.15, -0.1) is 0 Å². The molecule has 10 heteroatoms. The smallest absolute Gasteiger partial charge is 0.261 e. The molecule has 0 bridgehead atoms. The fraction of sp³-hybridized carbons (Fsp3) is 0.419. The second-order valence-corrected chi connectivity index (χ2v) is 11.9. The fourth-order valence-electron chi connectivity index (χ4n) is 6.31. The number of methoxy groups -OCH3 is 1. The molecule has 1 spiro atoms. The summed E-state index contributed by atoms with van der Waals surface area (Å²) >= 11 is 6.09. The average Bonchev–Trinajstić information content (AvgIpc) is 3.38. The Morgan fingerprint density at radius 1 is 1.20 bits per heavy atom. The number of nitrogens with zero attached hydrogens (tertiary/aromatic N) is 3. The maximum absolute atomic E-state index is 13.0. The molecule has 0 aliphatic carbocycles. The summed E-state index contributed by atoms with van der Waals surface area (Å²) in [6, 6.07) is 13.3. The minimum absolute atomic E-state index is 0.209. The van der Waals surface area contributed by atoms with E-state index in [2.05, 4.69) is 44.1 Å². The lowest BCUT2D eigenvalue weighted by Gasteiger charge is -2.54. The van der Waals surface area contributed by atoms with Crippen molar-refractivity contribution in [2.45, 2.75) is 25.9 Å². The van der Waals surface area contributed by atoms with E-state index in [9.17, 15) is 9.90 Å². The van der Waals surface area contributed by atoms with E-state index in [0.717, 1.165) is 42.8 Å². The molecule has 0 unspecified atom stereocenters. The number of piperidine rings is 1. The number of hydrogen-bond donors (Lipinski definition) is 4. The lowest BCUT2D eigenvalue weighted by molar-refractivity contribution is -0.0297. The van der Waals surface area contributed by atoms with E-state index in [4.69, 9.17) is 21.3 Å². The number of aryl methyl sites for hydroxylation is 1. The van der Waals surface area contributed by atoms with E-state index in [1.807, 2.05) is 6.07 Å². The number of aromatic amines is 2. The highest BCUT2D eigenvalue weighted by Gasteiger charge is 2.44. The second kappa shape index (κ2) is 11.5. The molecule has 4 heterocycles. The highest BCUT2D eigenvalue weighted by atomic mass is 35.5. The van der Waals surface area contributed by atoms with Crippen LogP contribution in [0.3, 0.4) is 0 Å². The number of rotatable bonds is 9. The van der Waals surface area contributed by atoms with Gasteiger partial charge >= 0.3 is 0 Å². The first-order chi connectivity index (χ1) is 19.8. The van der Waals surface area contributed by atoms with Crippen LogP contribution in [0.4, 0.5) is 11.4 Å². The Labute approximate surface area is 244 Å². The molecule has 4 aromatic rings. The molecule has 6 rings (SSSR count). The van der Waals surface area contributed by atoms with Crippen molar-refractivity contribution in [3.8, 4) is 11.4 Å². The molecule has 0 amide bonds. The number of aliphatic hydroxyl groups excluding tert-OH is 1. The van der Waals surface area contributed by atoms with Crippen LogP contribution in [0.2, 0.25) is 5.02 Å². The highest BCUT2D eigenvalue weighted by Crippen LogP contribution is 2.41. The Balaban J connectivity index is 1.19. The topological polar surface area (TPSA) is 110 Å². The van der Waals surface area contributed by atoms with Gasteiger partial charge in [0.2, 0.25) is 0 Å².